The number of rotatable bonds is 8. The second-order valence-corrected chi connectivity index (χ2v) is 8.96. The lowest BCUT2D eigenvalue weighted by molar-refractivity contribution is -0.539. The van der Waals surface area contributed by atoms with E-state index in [1.165, 1.54) is 16.8 Å². The van der Waals surface area contributed by atoms with Crippen LogP contribution >= 0.6 is 45.8 Å². The Morgan fingerprint density at radius 1 is 1.07 bits per heavy atom. The van der Waals surface area contributed by atoms with Gasteiger partial charge in [-0.2, -0.15) is 0 Å². The van der Waals surface area contributed by atoms with Crippen molar-refractivity contribution in [1.29, 1.82) is 0 Å². The normalized spacial score (nSPS) is 20.5. The standard InChI is InChI=1S/C23H26Cl2IN2.HI/c1-2-28-22(11-6-19-17-20(26)7-12-23(19)28)10-5-18-3-8-21(9-4-18)27(15-13-24)16-14-25;/h3-12,17,20,22H,2,13-16H2,1H3;1H/q+1;/p-1/b10-5+;. The minimum absolute atomic E-state index is 0. The second kappa shape index (κ2) is 12.5. The lowest BCUT2D eigenvalue weighted by Crippen LogP contribution is -3.00. The number of anilines is 1. The van der Waals surface area contributed by atoms with Gasteiger partial charge < -0.3 is 28.9 Å². The molecule has 156 valence electrons. The Labute approximate surface area is 215 Å². The van der Waals surface area contributed by atoms with E-state index in [-0.39, 0.29) is 30.0 Å². The third-order valence-electron chi connectivity index (χ3n) is 5.01. The predicted octanol–water partition coefficient (Wildman–Crippen LogP) is 2.70. The largest absolute Gasteiger partial charge is 1.00 e. The molecule has 0 aromatic heterocycles. The number of benzene rings is 1. The van der Waals surface area contributed by atoms with Crippen LogP contribution in [0.5, 0.6) is 0 Å². The molecule has 2 aliphatic rings. The summed E-state index contributed by atoms with van der Waals surface area (Å²) in [4.78, 5) is 2.22. The first-order chi connectivity index (χ1) is 13.7. The smallest absolute Gasteiger partial charge is 0.207 e. The molecule has 2 nitrogen and oxygen atoms in total. The van der Waals surface area contributed by atoms with E-state index in [0.29, 0.717) is 15.7 Å². The molecule has 2 atom stereocenters. The Bertz CT molecular complexity index is 820. The summed E-state index contributed by atoms with van der Waals surface area (Å²) in [5.74, 6) is 1.20. The third-order valence-corrected chi connectivity index (χ3v) is 6.12. The predicted molar refractivity (Wildman–Crippen MR) is 133 cm³/mol. The van der Waals surface area contributed by atoms with Gasteiger partial charge in [0.05, 0.1) is 0 Å². The van der Waals surface area contributed by atoms with E-state index in [2.05, 4.69) is 106 Å². The van der Waals surface area contributed by atoms with Gasteiger partial charge in [-0.1, -0.05) is 53.0 Å². The first-order valence-electron chi connectivity index (χ1n) is 9.67. The SMILES string of the molecule is CC[N+]1=C2C=CC(I)C=C2C=CC1/C=C/c1ccc(N(CCCl)CCCl)cc1.[I-]. The average Bonchev–Trinajstić information content (AvgIpc) is 2.72. The number of halogens is 4. The van der Waals surface area contributed by atoms with Crippen LogP contribution in [0.15, 0.2) is 66.3 Å². The summed E-state index contributed by atoms with van der Waals surface area (Å²) in [6.45, 7) is 4.81. The highest BCUT2D eigenvalue weighted by Crippen LogP contribution is 2.22. The van der Waals surface area contributed by atoms with Crippen LogP contribution in [0.4, 0.5) is 5.69 Å². The quantitative estimate of drug-likeness (QED) is 0.238. The molecule has 1 heterocycles. The van der Waals surface area contributed by atoms with Crippen molar-refractivity contribution < 1.29 is 28.6 Å². The number of hydrogen-bond donors (Lipinski definition) is 0. The van der Waals surface area contributed by atoms with E-state index in [1.54, 1.807) is 0 Å². The summed E-state index contributed by atoms with van der Waals surface area (Å²) in [5, 5.41) is 0. The number of alkyl halides is 3. The van der Waals surface area contributed by atoms with Crippen LogP contribution in [0.2, 0.25) is 0 Å². The Kier molecular flexibility index (Phi) is 10.8. The van der Waals surface area contributed by atoms with Crippen LogP contribution in [0.3, 0.4) is 0 Å². The summed E-state index contributed by atoms with van der Waals surface area (Å²) in [6, 6.07) is 8.88. The Morgan fingerprint density at radius 3 is 2.38 bits per heavy atom. The first kappa shape index (κ1) is 25.0. The summed E-state index contributed by atoms with van der Waals surface area (Å²) in [6.07, 6.45) is 15.9. The maximum absolute atomic E-state index is 5.91. The minimum Gasteiger partial charge on any atom is -1.00 e. The van der Waals surface area contributed by atoms with Gasteiger partial charge in [-0.05, 0) is 42.8 Å². The zero-order valence-corrected chi connectivity index (χ0v) is 22.3. The third kappa shape index (κ3) is 6.58. The average molecular weight is 655 g/mol. The van der Waals surface area contributed by atoms with Crippen LogP contribution in [-0.2, 0) is 0 Å². The maximum Gasteiger partial charge on any atom is 0.207 e. The molecule has 0 bridgehead atoms. The van der Waals surface area contributed by atoms with Crippen LogP contribution in [-0.4, -0.2) is 51.6 Å². The van der Waals surface area contributed by atoms with Crippen molar-refractivity contribution in [3.8, 4) is 0 Å². The molecule has 6 heteroatoms. The number of likely N-dealkylation sites (N-methyl/N-ethyl adjacent to an activating group) is 1. The molecule has 1 aromatic rings. The molecular weight excluding hydrogens is 629 g/mol. The van der Waals surface area contributed by atoms with Gasteiger partial charge >= 0.3 is 0 Å². The molecule has 29 heavy (non-hydrogen) atoms. The van der Waals surface area contributed by atoms with Gasteiger partial charge in [-0.25, -0.2) is 4.58 Å². The van der Waals surface area contributed by atoms with E-state index in [9.17, 15) is 0 Å². The molecule has 0 amide bonds. The van der Waals surface area contributed by atoms with Crippen molar-refractivity contribution in [1.82, 2.24) is 0 Å². The monoisotopic (exact) mass is 654 g/mol. The van der Waals surface area contributed by atoms with Gasteiger partial charge in [0.1, 0.15) is 6.54 Å². The number of fused-ring (bicyclic) bond motifs is 1. The molecular formula is C23H26Cl2I2N2. The van der Waals surface area contributed by atoms with Gasteiger partial charge in [-0.3, -0.25) is 0 Å². The summed E-state index contributed by atoms with van der Waals surface area (Å²) in [5.41, 5.74) is 5.01. The van der Waals surface area contributed by atoms with Crippen molar-refractivity contribution in [3.63, 3.8) is 0 Å². The van der Waals surface area contributed by atoms with Crippen LogP contribution < -0.4 is 28.9 Å². The van der Waals surface area contributed by atoms with Crippen molar-refractivity contribution >= 4 is 63.3 Å². The zero-order valence-electron chi connectivity index (χ0n) is 16.4. The topological polar surface area (TPSA) is 6.25 Å². The van der Waals surface area contributed by atoms with E-state index in [1.807, 2.05) is 0 Å². The lowest BCUT2D eigenvalue weighted by atomic mass is 9.97. The Morgan fingerprint density at radius 2 is 1.76 bits per heavy atom. The molecule has 0 saturated heterocycles. The van der Waals surface area contributed by atoms with Crippen molar-refractivity contribution in [2.75, 3.05) is 36.3 Å². The van der Waals surface area contributed by atoms with Crippen molar-refractivity contribution in [3.05, 3.63) is 71.9 Å². The highest BCUT2D eigenvalue weighted by molar-refractivity contribution is 14.1. The highest BCUT2D eigenvalue weighted by Gasteiger charge is 2.26. The second-order valence-electron chi connectivity index (χ2n) is 6.76. The Hall–Kier alpha value is -0.310. The molecule has 1 aliphatic heterocycles. The van der Waals surface area contributed by atoms with Crippen LogP contribution in [0.1, 0.15) is 12.5 Å². The van der Waals surface area contributed by atoms with E-state index >= 15 is 0 Å². The molecule has 2 unspecified atom stereocenters. The number of hydrogen-bond acceptors (Lipinski definition) is 1. The summed E-state index contributed by atoms with van der Waals surface area (Å²) in [7, 11) is 0. The summed E-state index contributed by atoms with van der Waals surface area (Å²) >= 11 is 14.3. The Balaban J connectivity index is 0.00000300. The van der Waals surface area contributed by atoms with Gasteiger partial charge in [0, 0.05) is 46.1 Å². The molecule has 0 N–H and O–H groups in total. The maximum atomic E-state index is 5.91. The van der Waals surface area contributed by atoms with Crippen molar-refractivity contribution in [2.24, 2.45) is 0 Å². The van der Waals surface area contributed by atoms with Crippen LogP contribution in [0, 0.1) is 0 Å². The van der Waals surface area contributed by atoms with E-state index < -0.39 is 0 Å². The number of allylic oxidation sites excluding steroid dienone is 5. The number of nitrogens with zero attached hydrogens (tertiary/aromatic N) is 2. The first-order valence-corrected chi connectivity index (χ1v) is 12.0. The lowest BCUT2D eigenvalue weighted by Gasteiger charge is -2.22. The fourth-order valence-corrected chi connectivity index (χ4v) is 4.59. The fourth-order valence-electron chi connectivity index (χ4n) is 3.59. The fraction of sp³-hybridized carbons (Fsp3) is 0.348. The van der Waals surface area contributed by atoms with Gasteiger partial charge in [0.2, 0.25) is 5.71 Å². The molecule has 1 aliphatic carbocycles. The van der Waals surface area contributed by atoms with Crippen molar-refractivity contribution in [2.45, 2.75) is 16.9 Å². The van der Waals surface area contributed by atoms with E-state index in [0.717, 1.165) is 25.3 Å². The van der Waals surface area contributed by atoms with Crippen LogP contribution in [0.25, 0.3) is 6.08 Å². The van der Waals surface area contributed by atoms with Gasteiger partial charge in [0.15, 0.2) is 6.04 Å². The summed E-state index contributed by atoms with van der Waals surface area (Å²) < 4.78 is 2.92. The van der Waals surface area contributed by atoms with Gasteiger partial charge in [-0.15, -0.1) is 23.2 Å². The molecule has 0 saturated carbocycles. The molecule has 0 radical (unpaired) electrons. The highest BCUT2D eigenvalue weighted by atomic mass is 127. The zero-order chi connectivity index (χ0) is 19.9. The molecule has 1 aromatic carbocycles. The van der Waals surface area contributed by atoms with E-state index in [4.69, 9.17) is 23.2 Å². The van der Waals surface area contributed by atoms with Gasteiger partial charge in [0.25, 0.3) is 0 Å². The molecule has 3 rings (SSSR count). The molecule has 0 fully saturated rings. The molecule has 0 spiro atoms. The minimum atomic E-state index is 0.